The zero-order valence-corrected chi connectivity index (χ0v) is 8.73. The van der Waals surface area contributed by atoms with E-state index in [0.717, 1.165) is 6.61 Å². The molecule has 0 amide bonds. The smallest absolute Gasteiger partial charge is 0.390 e. The highest BCUT2D eigenvalue weighted by Gasteiger charge is 2.29. The molecule has 0 spiro atoms. The largest absolute Gasteiger partial charge is 0.495 e. The van der Waals surface area contributed by atoms with Crippen LogP contribution in [0.15, 0.2) is 0 Å². The molecule has 0 saturated carbocycles. The van der Waals surface area contributed by atoms with Gasteiger partial charge < -0.3 is 23.5 Å². The predicted octanol–water partition coefficient (Wildman–Crippen LogP) is -0.638. The van der Waals surface area contributed by atoms with Gasteiger partial charge in [-0.3, -0.25) is 0 Å². The Bertz CT molecular complexity index is 148. The highest BCUT2D eigenvalue weighted by Crippen LogP contribution is 2.10. The van der Waals surface area contributed by atoms with Gasteiger partial charge in [0.25, 0.3) is 0 Å². The average Bonchev–Trinajstić information content (AvgIpc) is 2.87. The summed E-state index contributed by atoms with van der Waals surface area (Å²) in [5.74, 6) is 0. The molecule has 1 rings (SSSR count). The fraction of sp³-hybridized carbons (Fsp3) is 1.00. The summed E-state index contributed by atoms with van der Waals surface area (Å²) in [6, 6.07) is 0.287. The molecule has 5 nitrogen and oxygen atoms in total. The Hall–Kier alpha value is 0.0169. The van der Waals surface area contributed by atoms with Crippen LogP contribution in [0.1, 0.15) is 6.42 Å². The van der Waals surface area contributed by atoms with Crippen LogP contribution < -0.4 is 0 Å². The van der Waals surface area contributed by atoms with Gasteiger partial charge in [0, 0.05) is 19.8 Å². The Morgan fingerprint density at radius 2 is 2.23 bits per heavy atom. The molecule has 0 aromatic rings. The number of epoxide rings is 1. The molecule has 2 N–H and O–H groups in total. The molecule has 1 aliphatic rings. The summed E-state index contributed by atoms with van der Waals surface area (Å²) < 4.78 is 14.7. The first kappa shape index (κ1) is 11.1. The first-order valence-corrected chi connectivity index (χ1v) is 6.34. The van der Waals surface area contributed by atoms with E-state index in [1.54, 1.807) is 0 Å². The Balaban J connectivity index is 1.87. The van der Waals surface area contributed by atoms with Gasteiger partial charge in [0.15, 0.2) is 0 Å². The van der Waals surface area contributed by atoms with Crippen molar-refractivity contribution < 1.29 is 23.5 Å². The number of rotatable bonds is 7. The van der Waals surface area contributed by atoms with Crippen LogP contribution in [0.5, 0.6) is 0 Å². The van der Waals surface area contributed by atoms with E-state index in [-0.39, 0.29) is 12.1 Å². The lowest BCUT2D eigenvalue weighted by molar-refractivity contribution is 0.111. The molecule has 78 valence electrons. The minimum Gasteiger partial charge on any atom is -0.390 e. The molecule has 1 saturated heterocycles. The lowest BCUT2D eigenvalue weighted by Crippen LogP contribution is -2.37. The Morgan fingerprint density at radius 1 is 1.54 bits per heavy atom. The summed E-state index contributed by atoms with van der Waals surface area (Å²) in [4.78, 5) is 18.3. The van der Waals surface area contributed by atoms with E-state index in [9.17, 15) is 0 Å². The molecule has 0 radical (unpaired) electrons. The highest BCUT2D eigenvalue weighted by atomic mass is 28.4. The molecule has 1 atom stereocenters. The van der Waals surface area contributed by atoms with Gasteiger partial charge in [0.1, 0.15) is 6.10 Å². The average molecular weight is 208 g/mol. The third kappa shape index (κ3) is 5.35. The summed E-state index contributed by atoms with van der Waals surface area (Å²) in [5, 5.41) is 0. The van der Waals surface area contributed by atoms with Crippen molar-refractivity contribution in [2.75, 3.05) is 26.9 Å². The monoisotopic (exact) mass is 208 g/mol. The summed E-state index contributed by atoms with van der Waals surface area (Å²) in [6.07, 6.45) is 0.882. The van der Waals surface area contributed by atoms with Gasteiger partial charge in [-0.2, -0.15) is 0 Å². The standard InChI is InChI=1S/C7H16O5Si/c1-10-13(8,9)4-2-3-11-5-7-6-12-7/h7-9H,2-6H2,1H3. The van der Waals surface area contributed by atoms with Crippen molar-refractivity contribution in [3.63, 3.8) is 0 Å². The maximum absolute atomic E-state index is 9.14. The minimum absolute atomic E-state index is 0.271. The fourth-order valence-corrected chi connectivity index (χ4v) is 1.69. The van der Waals surface area contributed by atoms with Gasteiger partial charge in [-0.1, -0.05) is 0 Å². The summed E-state index contributed by atoms with van der Waals surface area (Å²) in [7, 11) is -2.04. The third-order valence-corrected chi connectivity index (χ3v) is 3.48. The molecule has 13 heavy (non-hydrogen) atoms. The summed E-state index contributed by atoms with van der Waals surface area (Å²) >= 11 is 0. The van der Waals surface area contributed by atoms with Crippen molar-refractivity contribution in [2.45, 2.75) is 18.6 Å². The zero-order chi connectivity index (χ0) is 9.73. The Morgan fingerprint density at radius 3 is 2.77 bits per heavy atom. The maximum atomic E-state index is 9.14. The van der Waals surface area contributed by atoms with E-state index in [2.05, 4.69) is 4.43 Å². The molecule has 0 aromatic heterocycles. The van der Waals surface area contributed by atoms with Crippen molar-refractivity contribution >= 4 is 8.80 Å². The second kappa shape index (κ2) is 5.04. The molecule has 1 unspecified atom stereocenters. The fourth-order valence-electron chi connectivity index (χ4n) is 0.886. The summed E-state index contributed by atoms with van der Waals surface area (Å²) in [5.41, 5.74) is 0. The molecular formula is C7H16O5Si. The molecule has 1 aliphatic heterocycles. The predicted molar refractivity (Wildman–Crippen MR) is 47.2 cm³/mol. The van der Waals surface area contributed by atoms with Gasteiger partial charge >= 0.3 is 8.80 Å². The second-order valence-electron chi connectivity index (χ2n) is 3.08. The van der Waals surface area contributed by atoms with Crippen LogP contribution in [0.4, 0.5) is 0 Å². The van der Waals surface area contributed by atoms with Gasteiger partial charge in [-0.05, 0) is 6.42 Å². The Labute approximate surface area is 78.6 Å². The van der Waals surface area contributed by atoms with Crippen molar-refractivity contribution in [1.29, 1.82) is 0 Å². The van der Waals surface area contributed by atoms with Crippen LogP contribution >= 0.6 is 0 Å². The molecule has 0 aliphatic carbocycles. The van der Waals surface area contributed by atoms with E-state index < -0.39 is 8.80 Å². The number of hydrogen-bond acceptors (Lipinski definition) is 5. The quantitative estimate of drug-likeness (QED) is 0.331. The maximum Gasteiger partial charge on any atom is 0.495 e. The van der Waals surface area contributed by atoms with Gasteiger partial charge in [-0.15, -0.1) is 0 Å². The summed E-state index contributed by atoms with van der Waals surface area (Å²) in [6.45, 7) is 1.92. The van der Waals surface area contributed by atoms with Crippen LogP contribution in [0.25, 0.3) is 0 Å². The van der Waals surface area contributed by atoms with Crippen LogP contribution in [0.3, 0.4) is 0 Å². The SMILES string of the molecule is CO[Si](O)(O)CCCOCC1CO1. The first-order valence-electron chi connectivity index (χ1n) is 4.33. The molecule has 1 heterocycles. The topological polar surface area (TPSA) is 71.5 Å². The normalized spacial score (nSPS) is 21.9. The van der Waals surface area contributed by atoms with Gasteiger partial charge in [-0.25, -0.2) is 0 Å². The van der Waals surface area contributed by atoms with Crippen molar-refractivity contribution in [3.8, 4) is 0 Å². The van der Waals surface area contributed by atoms with E-state index in [1.165, 1.54) is 7.11 Å². The zero-order valence-electron chi connectivity index (χ0n) is 7.73. The molecule has 0 aromatic carbocycles. The first-order chi connectivity index (χ1) is 6.14. The van der Waals surface area contributed by atoms with Gasteiger partial charge in [0.2, 0.25) is 0 Å². The number of hydrogen-bond donors (Lipinski definition) is 2. The molecular weight excluding hydrogens is 192 g/mol. The molecule has 1 fully saturated rings. The lowest BCUT2D eigenvalue weighted by Gasteiger charge is -2.13. The van der Waals surface area contributed by atoms with Crippen LogP contribution in [0, 0.1) is 0 Å². The molecule has 0 bridgehead atoms. The van der Waals surface area contributed by atoms with Crippen LogP contribution in [-0.4, -0.2) is 51.4 Å². The van der Waals surface area contributed by atoms with Crippen molar-refractivity contribution in [1.82, 2.24) is 0 Å². The van der Waals surface area contributed by atoms with E-state index in [4.69, 9.17) is 19.1 Å². The highest BCUT2D eigenvalue weighted by molar-refractivity contribution is 6.57. The van der Waals surface area contributed by atoms with Crippen molar-refractivity contribution in [2.24, 2.45) is 0 Å². The van der Waals surface area contributed by atoms with E-state index in [0.29, 0.717) is 19.6 Å². The van der Waals surface area contributed by atoms with Gasteiger partial charge in [0.05, 0.1) is 13.2 Å². The van der Waals surface area contributed by atoms with E-state index in [1.807, 2.05) is 0 Å². The lowest BCUT2D eigenvalue weighted by atomic mass is 10.5. The molecule has 6 heteroatoms. The van der Waals surface area contributed by atoms with Crippen LogP contribution in [-0.2, 0) is 13.9 Å². The van der Waals surface area contributed by atoms with Crippen molar-refractivity contribution in [3.05, 3.63) is 0 Å². The van der Waals surface area contributed by atoms with E-state index >= 15 is 0 Å². The second-order valence-corrected chi connectivity index (χ2v) is 5.48. The van der Waals surface area contributed by atoms with Crippen LogP contribution in [0.2, 0.25) is 6.04 Å². The number of ether oxygens (including phenoxy) is 2. The Kier molecular flexibility index (Phi) is 4.30. The third-order valence-electron chi connectivity index (χ3n) is 1.82. The minimum atomic E-state index is -3.35.